The van der Waals surface area contributed by atoms with Crippen molar-refractivity contribution in [2.45, 2.75) is 139 Å². The van der Waals surface area contributed by atoms with Gasteiger partial charge in [-0.05, 0) is 168 Å². The first kappa shape index (κ1) is 47.7. The van der Waals surface area contributed by atoms with Crippen molar-refractivity contribution < 1.29 is 0 Å². The SMILES string of the molecule is c1ccc(N(c2ccc(-c3ccc(-c4ccc(C5CCCCCCC5)cc4)cc3)cc2)c2ccc(C3(c4ccc(N(c5ccccc5)c5ccc(C6CCCCCCC6)cc5)cc4)CCCCC3)cc2)cc1. The quantitative estimate of drug-likeness (QED) is 0.120. The fraction of sp³-hybridized carbons (Fsp3) is 0.314. The summed E-state index contributed by atoms with van der Waals surface area (Å²) in [5.74, 6) is 1.40. The first-order valence-corrected chi connectivity index (χ1v) is 28.0. The van der Waals surface area contributed by atoms with Gasteiger partial charge in [-0.15, -0.1) is 0 Å². The minimum absolute atomic E-state index is 0.0295. The van der Waals surface area contributed by atoms with E-state index in [0.29, 0.717) is 5.92 Å². The standard InChI is InChI=1S/C70H74N2/c1-3-10-20-54(21-11-4-1)56-28-30-57(31-29-56)58-32-34-59(35-33-58)61-38-46-67(47-39-61)72(65-26-16-8-17-27-65)69-50-42-63(43-51-69)70(52-18-9-19-53-70)62-40-48-68(49-41-62)71(64-24-14-7-15-25-64)66-44-36-60(37-45-66)55-22-12-5-2-6-13-23-55/h7-8,14-17,24-51,54-55H,1-6,9-13,18-23,52-53H2. The van der Waals surface area contributed by atoms with Gasteiger partial charge in [0, 0.05) is 39.5 Å². The third-order valence-electron chi connectivity index (χ3n) is 17.0. The first-order chi connectivity index (χ1) is 35.7. The molecule has 364 valence electrons. The smallest absolute Gasteiger partial charge is 0.0462 e. The van der Waals surface area contributed by atoms with Crippen LogP contribution < -0.4 is 9.80 Å². The number of para-hydroxylation sites is 2. The molecular weight excluding hydrogens is 869 g/mol. The largest absolute Gasteiger partial charge is 0.311 e. The maximum absolute atomic E-state index is 2.44. The van der Waals surface area contributed by atoms with Crippen molar-refractivity contribution in [3.05, 3.63) is 229 Å². The van der Waals surface area contributed by atoms with Gasteiger partial charge in [-0.1, -0.05) is 217 Å². The van der Waals surface area contributed by atoms with Crippen LogP contribution >= 0.6 is 0 Å². The third kappa shape index (κ3) is 10.8. The Morgan fingerprint density at radius 1 is 0.250 bits per heavy atom. The molecule has 0 heterocycles. The summed E-state index contributed by atoms with van der Waals surface area (Å²) in [5, 5.41) is 0. The fourth-order valence-corrected chi connectivity index (χ4v) is 12.9. The van der Waals surface area contributed by atoms with Crippen LogP contribution in [0.15, 0.2) is 206 Å². The molecule has 0 aromatic heterocycles. The molecule has 3 saturated carbocycles. The zero-order valence-corrected chi connectivity index (χ0v) is 42.6. The molecule has 2 nitrogen and oxygen atoms in total. The van der Waals surface area contributed by atoms with Crippen molar-refractivity contribution >= 4 is 34.1 Å². The molecule has 0 bridgehead atoms. The molecule has 0 saturated heterocycles. The predicted molar refractivity (Wildman–Crippen MR) is 307 cm³/mol. The monoisotopic (exact) mass is 943 g/mol. The van der Waals surface area contributed by atoms with Gasteiger partial charge in [0.05, 0.1) is 0 Å². The third-order valence-corrected chi connectivity index (χ3v) is 17.0. The Kier molecular flexibility index (Phi) is 15.1. The Bertz CT molecular complexity index is 2880. The van der Waals surface area contributed by atoms with Crippen molar-refractivity contribution in [2.24, 2.45) is 0 Å². The summed E-state index contributed by atoms with van der Waals surface area (Å²) in [4.78, 5) is 4.84. The summed E-state index contributed by atoms with van der Waals surface area (Å²) >= 11 is 0. The molecule has 0 radical (unpaired) electrons. The molecule has 3 fully saturated rings. The second-order valence-corrected chi connectivity index (χ2v) is 21.5. The zero-order chi connectivity index (χ0) is 48.4. The van der Waals surface area contributed by atoms with E-state index in [1.807, 2.05) is 0 Å². The summed E-state index contributed by atoms with van der Waals surface area (Å²) in [6, 6.07) is 78.3. The highest BCUT2D eigenvalue weighted by atomic mass is 15.1. The highest BCUT2D eigenvalue weighted by Crippen LogP contribution is 2.47. The summed E-state index contributed by atoms with van der Waals surface area (Å²) in [6.07, 6.45) is 25.2. The summed E-state index contributed by atoms with van der Waals surface area (Å²) < 4.78 is 0. The number of hydrogen-bond donors (Lipinski definition) is 0. The zero-order valence-electron chi connectivity index (χ0n) is 42.6. The lowest BCUT2D eigenvalue weighted by Crippen LogP contribution is -2.30. The molecule has 3 aliphatic rings. The molecule has 3 aliphatic carbocycles. The van der Waals surface area contributed by atoms with E-state index >= 15 is 0 Å². The lowest BCUT2D eigenvalue weighted by molar-refractivity contribution is 0.346. The molecule has 8 aromatic carbocycles. The highest BCUT2D eigenvalue weighted by Gasteiger charge is 2.36. The molecule has 11 rings (SSSR count). The van der Waals surface area contributed by atoms with Gasteiger partial charge in [-0.3, -0.25) is 0 Å². The first-order valence-electron chi connectivity index (χ1n) is 28.0. The van der Waals surface area contributed by atoms with Crippen LogP contribution in [0.2, 0.25) is 0 Å². The normalized spacial score (nSPS) is 16.9. The average Bonchev–Trinajstić information content (AvgIpc) is 3.43. The van der Waals surface area contributed by atoms with Crippen molar-refractivity contribution in [1.29, 1.82) is 0 Å². The van der Waals surface area contributed by atoms with Gasteiger partial charge in [0.15, 0.2) is 0 Å². The second kappa shape index (κ2) is 22.8. The lowest BCUT2D eigenvalue weighted by Gasteiger charge is -2.39. The molecule has 0 N–H and O–H groups in total. The van der Waals surface area contributed by atoms with Gasteiger partial charge in [-0.2, -0.15) is 0 Å². The minimum Gasteiger partial charge on any atom is -0.311 e. The van der Waals surface area contributed by atoms with Crippen molar-refractivity contribution in [1.82, 2.24) is 0 Å². The predicted octanol–water partition coefficient (Wildman–Crippen LogP) is 20.9. The van der Waals surface area contributed by atoms with E-state index in [1.54, 1.807) is 0 Å². The van der Waals surface area contributed by atoms with Crippen LogP contribution in [0.25, 0.3) is 22.3 Å². The number of nitrogens with zero attached hydrogens (tertiary/aromatic N) is 2. The number of benzene rings is 8. The van der Waals surface area contributed by atoms with Crippen LogP contribution in [0.1, 0.15) is 156 Å². The molecule has 2 heteroatoms. The van der Waals surface area contributed by atoms with E-state index < -0.39 is 0 Å². The molecule has 0 atom stereocenters. The molecule has 0 spiro atoms. The van der Waals surface area contributed by atoms with Crippen molar-refractivity contribution in [2.75, 3.05) is 9.80 Å². The van der Waals surface area contributed by atoms with Crippen molar-refractivity contribution in [3.8, 4) is 22.3 Å². The Morgan fingerprint density at radius 3 is 0.889 bits per heavy atom. The molecular formula is C70H74N2. The maximum atomic E-state index is 2.44. The van der Waals surface area contributed by atoms with Crippen molar-refractivity contribution in [3.63, 3.8) is 0 Å². The van der Waals surface area contributed by atoms with E-state index in [-0.39, 0.29) is 5.41 Å². The van der Waals surface area contributed by atoms with Gasteiger partial charge < -0.3 is 9.80 Å². The Labute approximate surface area is 431 Å². The minimum atomic E-state index is -0.0295. The van der Waals surface area contributed by atoms with E-state index in [2.05, 4.69) is 216 Å². The van der Waals surface area contributed by atoms with E-state index in [0.717, 1.165) is 30.1 Å². The number of hydrogen-bond acceptors (Lipinski definition) is 2. The molecule has 72 heavy (non-hydrogen) atoms. The van der Waals surface area contributed by atoms with Gasteiger partial charge in [0.25, 0.3) is 0 Å². The van der Waals surface area contributed by atoms with E-state index in [4.69, 9.17) is 0 Å². The molecule has 0 amide bonds. The Balaban J connectivity index is 0.830. The number of rotatable bonds is 12. The van der Waals surface area contributed by atoms with Crippen LogP contribution in [-0.2, 0) is 5.41 Å². The van der Waals surface area contributed by atoms with Crippen LogP contribution in [0.3, 0.4) is 0 Å². The van der Waals surface area contributed by atoms with Crippen LogP contribution in [0.4, 0.5) is 34.1 Å². The lowest BCUT2D eigenvalue weighted by atomic mass is 9.65. The fourth-order valence-electron chi connectivity index (χ4n) is 12.9. The topological polar surface area (TPSA) is 6.48 Å². The summed E-state index contributed by atoms with van der Waals surface area (Å²) in [7, 11) is 0. The summed E-state index contributed by atoms with van der Waals surface area (Å²) in [5.41, 5.74) is 18.0. The maximum Gasteiger partial charge on any atom is 0.0462 e. The van der Waals surface area contributed by atoms with Crippen LogP contribution in [0.5, 0.6) is 0 Å². The Morgan fingerprint density at radius 2 is 0.514 bits per heavy atom. The van der Waals surface area contributed by atoms with Gasteiger partial charge in [-0.25, -0.2) is 0 Å². The van der Waals surface area contributed by atoms with Crippen LogP contribution in [-0.4, -0.2) is 0 Å². The average molecular weight is 943 g/mol. The molecule has 0 unspecified atom stereocenters. The van der Waals surface area contributed by atoms with E-state index in [9.17, 15) is 0 Å². The number of anilines is 6. The van der Waals surface area contributed by atoms with E-state index in [1.165, 1.54) is 176 Å². The second-order valence-electron chi connectivity index (χ2n) is 21.5. The van der Waals surface area contributed by atoms with Gasteiger partial charge in [0.1, 0.15) is 0 Å². The summed E-state index contributed by atoms with van der Waals surface area (Å²) in [6.45, 7) is 0. The van der Waals surface area contributed by atoms with Crippen LogP contribution in [0, 0.1) is 0 Å². The highest BCUT2D eigenvalue weighted by molar-refractivity contribution is 5.80. The Hall–Kier alpha value is -6.64. The van der Waals surface area contributed by atoms with Gasteiger partial charge in [0.2, 0.25) is 0 Å². The molecule has 0 aliphatic heterocycles. The van der Waals surface area contributed by atoms with Gasteiger partial charge >= 0.3 is 0 Å². The molecule has 8 aromatic rings.